The van der Waals surface area contributed by atoms with Crippen molar-refractivity contribution in [1.82, 2.24) is 0 Å². The summed E-state index contributed by atoms with van der Waals surface area (Å²) in [5, 5.41) is 2.75. The first-order chi connectivity index (χ1) is 10.1. The van der Waals surface area contributed by atoms with E-state index in [1.807, 2.05) is 0 Å². The highest BCUT2D eigenvalue weighted by Crippen LogP contribution is 2.28. The van der Waals surface area contributed by atoms with E-state index < -0.39 is 0 Å². The van der Waals surface area contributed by atoms with Crippen molar-refractivity contribution in [3.05, 3.63) is 64.2 Å². The van der Waals surface area contributed by atoms with Crippen molar-refractivity contribution in [2.45, 2.75) is 26.2 Å². The minimum Gasteiger partial charge on any atom is -0.322 e. The van der Waals surface area contributed by atoms with Gasteiger partial charge >= 0.3 is 0 Å². The van der Waals surface area contributed by atoms with Crippen LogP contribution in [0.3, 0.4) is 0 Å². The van der Waals surface area contributed by atoms with E-state index >= 15 is 0 Å². The van der Waals surface area contributed by atoms with Crippen molar-refractivity contribution in [2.24, 2.45) is 0 Å². The van der Waals surface area contributed by atoms with Gasteiger partial charge in [-0.2, -0.15) is 0 Å². The number of nitrogens with one attached hydrogen (secondary N) is 1. The first-order valence-corrected chi connectivity index (χ1v) is 6.94. The fraction of sp³-hybridized carbons (Fsp3) is 0.235. The number of rotatable bonds is 2. The van der Waals surface area contributed by atoms with Crippen LogP contribution in [-0.4, -0.2) is 5.91 Å². The molecular formula is C17H15F2NO. The summed E-state index contributed by atoms with van der Waals surface area (Å²) >= 11 is 0. The smallest absolute Gasteiger partial charge is 0.255 e. The second-order valence-corrected chi connectivity index (χ2v) is 5.32. The van der Waals surface area contributed by atoms with E-state index in [4.69, 9.17) is 0 Å². The largest absolute Gasteiger partial charge is 0.322 e. The molecule has 0 atom stereocenters. The number of anilines is 1. The Labute approximate surface area is 121 Å². The van der Waals surface area contributed by atoms with Crippen LogP contribution in [0, 0.1) is 18.6 Å². The molecule has 0 fully saturated rings. The van der Waals surface area contributed by atoms with Gasteiger partial charge in [0.15, 0.2) is 0 Å². The topological polar surface area (TPSA) is 29.1 Å². The van der Waals surface area contributed by atoms with Crippen LogP contribution in [0.1, 0.15) is 33.5 Å². The molecule has 1 aliphatic rings. The molecule has 0 heterocycles. The maximum atomic E-state index is 13.7. The fourth-order valence-electron chi connectivity index (χ4n) is 2.80. The number of benzene rings is 2. The summed E-state index contributed by atoms with van der Waals surface area (Å²) in [6.07, 6.45) is 2.27. The molecule has 0 aliphatic heterocycles. The minimum atomic E-state index is -0.310. The number of aryl methyl sites for hydroxylation is 1. The molecule has 1 N–H and O–H groups in total. The van der Waals surface area contributed by atoms with Crippen molar-refractivity contribution >= 4 is 11.6 Å². The Morgan fingerprint density at radius 3 is 2.52 bits per heavy atom. The zero-order valence-corrected chi connectivity index (χ0v) is 11.7. The van der Waals surface area contributed by atoms with Crippen molar-refractivity contribution in [1.29, 1.82) is 0 Å². The lowest BCUT2D eigenvalue weighted by Gasteiger charge is -2.11. The van der Waals surface area contributed by atoms with Gasteiger partial charge in [-0.1, -0.05) is 0 Å². The number of hydrogen-bond donors (Lipinski definition) is 1. The molecule has 4 heteroatoms. The molecule has 0 aromatic heterocycles. The Morgan fingerprint density at radius 2 is 1.76 bits per heavy atom. The van der Waals surface area contributed by atoms with E-state index in [1.165, 1.54) is 24.3 Å². The summed E-state index contributed by atoms with van der Waals surface area (Å²) < 4.78 is 26.9. The van der Waals surface area contributed by atoms with Crippen molar-refractivity contribution in [2.75, 3.05) is 5.32 Å². The third kappa shape index (κ3) is 2.53. The average molecular weight is 287 g/mol. The normalized spacial score (nSPS) is 13.1. The second kappa shape index (κ2) is 5.28. The molecule has 21 heavy (non-hydrogen) atoms. The lowest BCUT2D eigenvalue weighted by Crippen LogP contribution is -2.15. The van der Waals surface area contributed by atoms with Crippen molar-refractivity contribution < 1.29 is 13.6 Å². The zero-order chi connectivity index (χ0) is 15.0. The van der Waals surface area contributed by atoms with Crippen LogP contribution in [0.25, 0.3) is 0 Å². The lowest BCUT2D eigenvalue weighted by atomic mass is 10.0. The van der Waals surface area contributed by atoms with Crippen LogP contribution < -0.4 is 5.32 Å². The Bertz CT molecular complexity index is 725. The van der Waals surface area contributed by atoms with Crippen LogP contribution in [-0.2, 0) is 12.8 Å². The molecule has 0 unspecified atom stereocenters. The summed E-state index contributed by atoms with van der Waals surface area (Å²) in [6, 6.07) is 7.28. The molecular weight excluding hydrogens is 272 g/mol. The maximum Gasteiger partial charge on any atom is 0.255 e. The summed E-state index contributed by atoms with van der Waals surface area (Å²) in [6.45, 7) is 1.64. The van der Waals surface area contributed by atoms with Gasteiger partial charge in [0.25, 0.3) is 5.91 Å². The molecule has 0 spiro atoms. The molecule has 1 aliphatic carbocycles. The number of halogens is 2. The van der Waals surface area contributed by atoms with Crippen LogP contribution >= 0.6 is 0 Å². The van der Waals surface area contributed by atoms with E-state index in [2.05, 4.69) is 5.32 Å². The van der Waals surface area contributed by atoms with Crippen molar-refractivity contribution in [3.63, 3.8) is 0 Å². The van der Waals surface area contributed by atoms with Crippen LogP contribution in [0.4, 0.5) is 14.5 Å². The SMILES string of the molecule is Cc1cc(NC(=O)c2ccc(F)c3c2CCC3)ccc1F. The van der Waals surface area contributed by atoms with Gasteiger partial charge in [0, 0.05) is 11.3 Å². The van der Waals surface area contributed by atoms with Crippen LogP contribution in [0.2, 0.25) is 0 Å². The van der Waals surface area contributed by atoms with Gasteiger partial charge in [0.05, 0.1) is 0 Å². The Kier molecular flexibility index (Phi) is 3.45. The zero-order valence-electron chi connectivity index (χ0n) is 11.7. The van der Waals surface area contributed by atoms with Crippen LogP contribution in [0.5, 0.6) is 0 Å². The molecule has 108 valence electrons. The molecule has 1 amide bonds. The predicted molar refractivity (Wildman–Crippen MR) is 77.5 cm³/mol. The van der Waals surface area contributed by atoms with E-state index in [0.717, 1.165) is 18.4 Å². The first-order valence-electron chi connectivity index (χ1n) is 6.94. The van der Waals surface area contributed by atoms with Gasteiger partial charge in [-0.3, -0.25) is 4.79 Å². The Hall–Kier alpha value is -2.23. The van der Waals surface area contributed by atoms with Gasteiger partial charge < -0.3 is 5.32 Å². The summed E-state index contributed by atoms with van der Waals surface area (Å²) in [7, 11) is 0. The molecule has 0 saturated heterocycles. The highest BCUT2D eigenvalue weighted by Gasteiger charge is 2.22. The highest BCUT2D eigenvalue weighted by molar-refractivity contribution is 6.05. The number of carbonyl (C=O) groups excluding carboxylic acids is 1. The maximum absolute atomic E-state index is 13.7. The number of amides is 1. The van der Waals surface area contributed by atoms with Crippen LogP contribution in [0.15, 0.2) is 30.3 Å². The van der Waals surface area contributed by atoms with E-state index in [-0.39, 0.29) is 17.5 Å². The molecule has 0 radical (unpaired) electrons. The predicted octanol–water partition coefficient (Wildman–Crippen LogP) is 4.01. The molecule has 2 aromatic rings. The quantitative estimate of drug-likeness (QED) is 0.888. The fourth-order valence-corrected chi connectivity index (χ4v) is 2.80. The molecule has 0 saturated carbocycles. The number of carbonyl (C=O) groups is 1. The average Bonchev–Trinajstić information content (AvgIpc) is 2.93. The minimum absolute atomic E-state index is 0.239. The third-order valence-corrected chi connectivity index (χ3v) is 3.89. The van der Waals surface area contributed by atoms with E-state index in [9.17, 15) is 13.6 Å². The second-order valence-electron chi connectivity index (χ2n) is 5.32. The third-order valence-electron chi connectivity index (χ3n) is 3.89. The van der Waals surface area contributed by atoms with Gasteiger partial charge in [0.1, 0.15) is 11.6 Å². The van der Waals surface area contributed by atoms with Gasteiger partial charge in [-0.25, -0.2) is 8.78 Å². The van der Waals surface area contributed by atoms with Gasteiger partial charge in [-0.05, 0) is 73.2 Å². The monoisotopic (exact) mass is 287 g/mol. The van der Waals surface area contributed by atoms with Gasteiger partial charge in [-0.15, -0.1) is 0 Å². The molecule has 2 aromatic carbocycles. The lowest BCUT2D eigenvalue weighted by molar-refractivity contribution is 0.102. The molecule has 0 bridgehead atoms. The first kappa shape index (κ1) is 13.7. The molecule has 2 nitrogen and oxygen atoms in total. The van der Waals surface area contributed by atoms with Gasteiger partial charge in [0.2, 0.25) is 0 Å². The van der Waals surface area contributed by atoms with Crippen molar-refractivity contribution in [3.8, 4) is 0 Å². The Balaban J connectivity index is 1.89. The summed E-state index contributed by atoms with van der Waals surface area (Å²) in [5.74, 6) is -0.827. The molecule has 3 rings (SSSR count). The number of hydrogen-bond acceptors (Lipinski definition) is 1. The standard InChI is InChI=1S/C17H15F2NO/c1-10-9-11(5-7-15(10)18)20-17(21)14-6-8-16(19)13-4-2-3-12(13)14/h5-9H,2-4H2,1H3,(H,20,21). The number of fused-ring (bicyclic) bond motifs is 1. The summed E-state index contributed by atoms with van der Waals surface area (Å²) in [5.41, 5.74) is 2.96. The summed E-state index contributed by atoms with van der Waals surface area (Å²) in [4.78, 5) is 12.4. The van der Waals surface area contributed by atoms with E-state index in [1.54, 1.807) is 13.0 Å². The Morgan fingerprint density at radius 1 is 1.05 bits per heavy atom. The highest BCUT2D eigenvalue weighted by atomic mass is 19.1. The van der Waals surface area contributed by atoms with E-state index in [0.29, 0.717) is 28.8 Å².